The van der Waals surface area contributed by atoms with E-state index in [4.69, 9.17) is 0 Å². The maximum absolute atomic E-state index is 12.3. The standard InChI is InChI=1S/C19H28N6O/c1-3-4-12-20-19(26)16-10-13-24(14-11-16)15(2)18-21-22-23-25(18)17-8-6-5-7-9-17/h5-9,15-16H,3-4,10-14H2,1-2H3,(H,20,26). The highest BCUT2D eigenvalue weighted by Crippen LogP contribution is 2.26. The molecule has 3 rings (SSSR count). The molecule has 7 nitrogen and oxygen atoms in total. The van der Waals surface area contributed by atoms with Gasteiger partial charge in [0.05, 0.1) is 11.7 Å². The molecule has 2 heterocycles. The topological polar surface area (TPSA) is 75.9 Å². The first-order chi connectivity index (χ1) is 12.7. The third kappa shape index (κ3) is 4.27. The minimum absolute atomic E-state index is 0.106. The molecule has 1 aliphatic heterocycles. The lowest BCUT2D eigenvalue weighted by Gasteiger charge is -2.34. The van der Waals surface area contributed by atoms with Crippen molar-refractivity contribution in [1.29, 1.82) is 0 Å². The molecule has 0 bridgehead atoms. The first kappa shape index (κ1) is 18.5. The highest BCUT2D eigenvalue weighted by molar-refractivity contribution is 5.78. The van der Waals surface area contributed by atoms with Crippen LogP contribution in [-0.4, -0.2) is 50.6 Å². The van der Waals surface area contributed by atoms with Gasteiger partial charge < -0.3 is 5.32 Å². The number of carbonyl (C=O) groups excluding carboxylic acids is 1. The molecule has 1 aromatic heterocycles. The maximum Gasteiger partial charge on any atom is 0.223 e. The summed E-state index contributed by atoms with van der Waals surface area (Å²) in [7, 11) is 0. The molecule has 2 aromatic rings. The zero-order valence-electron chi connectivity index (χ0n) is 15.6. The zero-order valence-corrected chi connectivity index (χ0v) is 15.6. The van der Waals surface area contributed by atoms with Crippen molar-refractivity contribution in [1.82, 2.24) is 30.4 Å². The molecule has 1 atom stereocenters. The molecule has 1 aromatic carbocycles. The first-order valence-electron chi connectivity index (χ1n) is 9.56. The van der Waals surface area contributed by atoms with Gasteiger partial charge in [0, 0.05) is 12.5 Å². The molecule has 1 N–H and O–H groups in total. The number of nitrogens with one attached hydrogen (secondary N) is 1. The lowest BCUT2D eigenvalue weighted by Crippen LogP contribution is -2.42. The van der Waals surface area contributed by atoms with Gasteiger partial charge in [0.15, 0.2) is 5.82 Å². The zero-order chi connectivity index (χ0) is 18.4. The smallest absolute Gasteiger partial charge is 0.223 e. The number of likely N-dealkylation sites (tertiary alicyclic amines) is 1. The number of hydrogen-bond donors (Lipinski definition) is 1. The number of aromatic nitrogens is 4. The minimum atomic E-state index is 0.106. The Morgan fingerprint density at radius 1 is 1.27 bits per heavy atom. The molecule has 1 fully saturated rings. The molecule has 0 saturated carbocycles. The number of piperidine rings is 1. The monoisotopic (exact) mass is 356 g/mol. The number of para-hydroxylation sites is 1. The van der Waals surface area contributed by atoms with Crippen LogP contribution in [0, 0.1) is 5.92 Å². The van der Waals surface area contributed by atoms with Crippen molar-refractivity contribution in [2.24, 2.45) is 5.92 Å². The summed E-state index contributed by atoms with van der Waals surface area (Å²) in [6.45, 7) is 6.82. The van der Waals surface area contributed by atoms with Crippen molar-refractivity contribution in [3.8, 4) is 5.69 Å². The van der Waals surface area contributed by atoms with Gasteiger partial charge in [-0.05, 0) is 61.8 Å². The van der Waals surface area contributed by atoms with Crippen molar-refractivity contribution in [2.45, 2.75) is 45.6 Å². The van der Waals surface area contributed by atoms with E-state index < -0.39 is 0 Å². The number of rotatable bonds is 7. The number of amides is 1. The largest absolute Gasteiger partial charge is 0.356 e. The molecule has 26 heavy (non-hydrogen) atoms. The van der Waals surface area contributed by atoms with Crippen LogP contribution in [0.25, 0.3) is 5.69 Å². The van der Waals surface area contributed by atoms with Gasteiger partial charge in [0.2, 0.25) is 5.91 Å². The summed E-state index contributed by atoms with van der Waals surface area (Å²) in [6.07, 6.45) is 3.92. The maximum atomic E-state index is 12.3. The Kier molecular flexibility index (Phi) is 6.33. The van der Waals surface area contributed by atoms with Crippen molar-refractivity contribution >= 4 is 5.91 Å². The summed E-state index contributed by atoms with van der Waals surface area (Å²) in [5, 5.41) is 15.3. The SMILES string of the molecule is CCCCNC(=O)C1CCN(C(C)c2nnnn2-c2ccccc2)CC1. The summed E-state index contributed by atoms with van der Waals surface area (Å²) < 4.78 is 1.80. The second kappa shape index (κ2) is 8.89. The van der Waals surface area contributed by atoms with E-state index in [1.807, 2.05) is 30.3 Å². The number of benzene rings is 1. The number of carbonyl (C=O) groups is 1. The fraction of sp³-hybridized carbons (Fsp3) is 0.579. The summed E-state index contributed by atoms with van der Waals surface area (Å²) in [5.74, 6) is 1.17. The van der Waals surface area contributed by atoms with Crippen molar-refractivity contribution < 1.29 is 4.79 Å². The molecule has 0 radical (unpaired) electrons. The normalized spacial score (nSPS) is 17.2. The second-order valence-corrected chi connectivity index (χ2v) is 6.92. The predicted molar refractivity (Wildman–Crippen MR) is 99.8 cm³/mol. The van der Waals surface area contributed by atoms with Crippen molar-refractivity contribution in [3.05, 3.63) is 36.2 Å². The lowest BCUT2D eigenvalue weighted by atomic mass is 9.95. The van der Waals surface area contributed by atoms with Crippen LogP contribution in [0.15, 0.2) is 30.3 Å². The Balaban J connectivity index is 1.59. The third-order valence-corrected chi connectivity index (χ3v) is 5.15. The third-order valence-electron chi connectivity index (χ3n) is 5.15. The highest BCUT2D eigenvalue weighted by atomic mass is 16.1. The molecule has 140 valence electrons. The van der Waals surface area contributed by atoms with Gasteiger partial charge in [0.25, 0.3) is 0 Å². The summed E-state index contributed by atoms with van der Waals surface area (Å²) in [5.41, 5.74) is 0.963. The highest BCUT2D eigenvalue weighted by Gasteiger charge is 2.29. The van der Waals surface area contributed by atoms with Crippen LogP contribution in [-0.2, 0) is 4.79 Å². The van der Waals surface area contributed by atoms with Gasteiger partial charge in [-0.15, -0.1) is 5.10 Å². The van der Waals surface area contributed by atoms with Crippen LogP contribution in [0.3, 0.4) is 0 Å². The van der Waals surface area contributed by atoms with E-state index in [1.165, 1.54) is 0 Å². The number of unbranched alkanes of at least 4 members (excludes halogenated alkanes) is 1. The molecule has 1 unspecified atom stereocenters. The van der Waals surface area contributed by atoms with E-state index in [2.05, 4.69) is 39.6 Å². The van der Waals surface area contributed by atoms with Crippen LogP contribution in [0.5, 0.6) is 0 Å². The Hall–Kier alpha value is -2.28. The summed E-state index contributed by atoms with van der Waals surface area (Å²) >= 11 is 0. The van der Waals surface area contributed by atoms with Gasteiger partial charge >= 0.3 is 0 Å². The van der Waals surface area contributed by atoms with Gasteiger partial charge in [-0.1, -0.05) is 31.5 Å². The van der Waals surface area contributed by atoms with Crippen molar-refractivity contribution in [2.75, 3.05) is 19.6 Å². The summed E-state index contributed by atoms with van der Waals surface area (Å²) in [4.78, 5) is 14.6. The summed E-state index contributed by atoms with van der Waals surface area (Å²) in [6, 6.07) is 10.0. The fourth-order valence-corrected chi connectivity index (χ4v) is 3.45. The van der Waals surface area contributed by atoms with Crippen LogP contribution in [0.4, 0.5) is 0 Å². The molecule has 1 saturated heterocycles. The molecule has 7 heteroatoms. The number of hydrogen-bond acceptors (Lipinski definition) is 5. The van der Waals surface area contributed by atoms with Gasteiger partial charge in [-0.25, -0.2) is 0 Å². The van der Waals surface area contributed by atoms with E-state index in [0.717, 1.165) is 56.8 Å². The Morgan fingerprint density at radius 3 is 2.69 bits per heavy atom. The predicted octanol–water partition coefficient (Wildman–Crippen LogP) is 2.35. The van der Waals surface area contributed by atoms with Crippen LogP contribution in [0.2, 0.25) is 0 Å². The van der Waals surface area contributed by atoms with Gasteiger partial charge in [0.1, 0.15) is 0 Å². The fourth-order valence-electron chi connectivity index (χ4n) is 3.45. The molecule has 0 aliphatic carbocycles. The average molecular weight is 356 g/mol. The molecular formula is C19H28N6O. The van der Waals surface area contributed by atoms with Gasteiger partial charge in [-0.2, -0.15) is 4.68 Å². The molecular weight excluding hydrogens is 328 g/mol. The van der Waals surface area contributed by atoms with Crippen LogP contribution < -0.4 is 5.32 Å². The van der Waals surface area contributed by atoms with Crippen LogP contribution >= 0.6 is 0 Å². The van der Waals surface area contributed by atoms with E-state index in [9.17, 15) is 4.79 Å². The average Bonchev–Trinajstić information content (AvgIpc) is 3.18. The van der Waals surface area contributed by atoms with E-state index in [1.54, 1.807) is 4.68 Å². The molecule has 1 aliphatic rings. The lowest BCUT2D eigenvalue weighted by molar-refractivity contribution is -0.126. The quantitative estimate of drug-likeness (QED) is 0.771. The van der Waals surface area contributed by atoms with Gasteiger partial charge in [-0.3, -0.25) is 9.69 Å². The Morgan fingerprint density at radius 2 is 2.00 bits per heavy atom. The van der Waals surface area contributed by atoms with Crippen molar-refractivity contribution in [3.63, 3.8) is 0 Å². The first-order valence-corrected chi connectivity index (χ1v) is 9.56. The Labute approximate surface area is 154 Å². The number of tetrazole rings is 1. The minimum Gasteiger partial charge on any atom is -0.356 e. The van der Waals surface area contributed by atoms with E-state index in [0.29, 0.717) is 0 Å². The molecule has 1 amide bonds. The van der Waals surface area contributed by atoms with Crippen LogP contribution in [0.1, 0.15) is 51.4 Å². The second-order valence-electron chi connectivity index (χ2n) is 6.92. The Bertz CT molecular complexity index is 693. The number of nitrogens with zero attached hydrogens (tertiary/aromatic N) is 5. The molecule has 0 spiro atoms. The van der Waals surface area contributed by atoms with E-state index >= 15 is 0 Å². The van der Waals surface area contributed by atoms with E-state index in [-0.39, 0.29) is 17.9 Å².